The molecule has 3 aromatic rings. The number of rotatable bonds is 2. The van der Waals surface area contributed by atoms with Gasteiger partial charge in [0.15, 0.2) is 5.82 Å². The molecular formula is C14H9Cl2N3. The number of aromatic nitrogens is 3. The highest BCUT2D eigenvalue weighted by molar-refractivity contribution is 6.30. The number of benzene rings is 2. The van der Waals surface area contributed by atoms with Gasteiger partial charge in [-0.25, -0.2) is 4.68 Å². The average molecular weight is 290 g/mol. The molecule has 2 aromatic carbocycles. The number of hydrogen-bond acceptors (Lipinski definition) is 2. The van der Waals surface area contributed by atoms with Crippen molar-refractivity contribution < 1.29 is 0 Å². The number of para-hydroxylation sites is 1. The summed E-state index contributed by atoms with van der Waals surface area (Å²) in [5.41, 5.74) is 1.75. The molecule has 1 aromatic heterocycles. The van der Waals surface area contributed by atoms with E-state index in [1.165, 1.54) is 0 Å². The first-order chi connectivity index (χ1) is 9.24. The van der Waals surface area contributed by atoms with Gasteiger partial charge in [-0.05, 0) is 48.0 Å². The monoisotopic (exact) mass is 289 g/mol. The lowest BCUT2D eigenvalue weighted by Crippen LogP contribution is -1.95. The van der Waals surface area contributed by atoms with Gasteiger partial charge in [0.1, 0.15) is 0 Å². The average Bonchev–Trinajstić information content (AvgIpc) is 2.83. The maximum atomic E-state index is 6.12. The summed E-state index contributed by atoms with van der Waals surface area (Å²) in [5, 5.41) is 5.42. The molecule has 3 nitrogen and oxygen atoms in total. The van der Waals surface area contributed by atoms with Crippen molar-refractivity contribution in [3.8, 4) is 17.1 Å². The summed E-state index contributed by atoms with van der Waals surface area (Å²) in [6.07, 6.45) is 0. The van der Waals surface area contributed by atoms with Crippen molar-refractivity contribution in [2.75, 3.05) is 0 Å². The quantitative estimate of drug-likeness (QED) is 0.706. The lowest BCUT2D eigenvalue weighted by Gasteiger charge is -2.00. The summed E-state index contributed by atoms with van der Waals surface area (Å²) in [7, 11) is 0. The van der Waals surface area contributed by atoms with E-state index in [0.717, 1.165) is 11.3 Å². The largest absolute Gasteiger partial charge is 0.226 e. The van der Waals surface area contributed by atoms with Crippen LogP contribution in [0.1, 0.15) is 0 Å². The number of hydrogen-bond donors (Lipinski definition) is 0. The normalized spacial score (nSPS) is 10.6. The van der Waals surface area contributed by atoms with Crippen molar-refractivity contribution in [1.29, 1.82) is 0 Å². The third-order valence-electron chi connectivity index (χ3n) is 2.67. The predicted molar refractivity (Wildman–Crippen MR) is 76.8 cm³/mol. The molecule has 19 heavy (non-hydrogen) atoms. The van der Waals surface area contributed by atoms with Crippen LogP contribution < -0.4 is 0 Å². The van der Waals surface area contributed by atoms with E-state index in [4.69, 9.17) is 23.2 Å². The standard InChI is InChI=1S/C14H9Cl2N3/c15-11-8-6-10(7-9-11)13-17-14(16)19(18-13)12-4-2-1-3-5-12/h1-9H. The molecule has 0 unspecified atom stereocenters. The Morgan fingerprint density at radius 1 is 0.842 bits per heavy atom. The third-order valence-corrected chi connectivity index (χ3v) is 3.17. The second-order valence-electron chi connectivity index (χ2n) is 3.96. The second-order valence-corrected chi connectivity index (χ2v) is 4.73. The molecule has 0 fully saturated rings. The molecule has 0 bridgehead atoms. The first-order valence-corrected chi connectivity index (χ1v) is 6.43. The first-order valence-electron chi connectivity index (χ1n) is 5.68. The van der Waals surface area contributed by atoms with Crippen LogP contribution in [0.25, 0.3) is 17.1 Å². The van der Waals surface area contributed by atoms with Crippen molar-refractivity contribution in [1.82, 2.24) is 14.8 Å². The molecular weight excluding hydrogens is 281 g/mol. The Hall–Kier alpha value is -1.84. The van der Waals surface area contributed by atoms with Gasteiger partial charge in [-0.2, -0.15) is 4.98 Å². The Labute approximate surface area is 120 Å². The number of halogens is 2. The Morgan fingerprint density at radius 2 is 1.53 bits per heavy atom. The van der Waals surface area contributed by atoms with E-state index in [0.29, 0.717) is 16.1 Å². The van der Waals surface area contributed by atoms with E-state index in [9.17, 15) is 0 Å². The Bertz CT molecular complexity index is 690. The van der Waals surface area contributed by atoms with Gasteiger partial charge < -0.3 is 0 Å². The number of nitrogens with zero attached hydrogens (tertiary/aromatic N) is 3. The molecule has 0 N–H and O–H groups in total. The minimum absolute atomic E-state index is 0.330. The zero-order chi connectivity index (χ0) is 13.2. The molecule has 0 saturated heterocycles. The zero-order valence-electron chi connectivity index (χ0n) is 9.79. The first kappa shape index (κ1) is 12.2. The molecule has 94 valence electrons. The van der Waals surface area contributed by atoms with Crippen LogP contribution >= 0.6 is 23.2 Å². The minimum atomic E-state index is 0.330. The van der Waals surface area contributed by atoms with Crippen LogP contribution in [0, 0.1) is 0 Å². The van der Waals surface area contributed by atoms with Crippen LogP contribution in [0.2, 0.25) is 10.3 Å². The fraction of sp³-hybridized carbons (Fsp3) is 0. The van der Waals surface area contributed by atoms with E-state index < -0.39 is 0 Å². The van der Waals surface area contributed by atoms with Gasteiger partial charge in [-0.1, -0.05) is 29.8 Å². The van der Waals surface area contributed by atoms with Crippen molar-refractivity contribution in [3.05, 3.63) is 64.9 Å². The topological polar surface area (TPSA) is 30.7 Å². The summed E-state index contributed by atoms with van der Waals surface area (Å²) < 4.78 is 1.60. The summed E-state index contributed by atoms with van der Waals surface area (Å²) in [5.74, 6) is 0.575. The van der Waals surface area contributed by atoms with E-state index >= 15 is 0 Å². The van der Waals surface area contributed by atoms with Gasteiger partial charge >= 0.3 is 0 Å². The second kappa shape index (κ2) is 5.03. The van der Waals surface area contributed by atoms with Crippen molar-refractivity contribution in [3.63, 3.8) is 0 Å². The molecule has 5 heteroatoms. The highest BCUT2D eigenvalue weighted by Crippen LogP contribution is 2.22. The zero-order valence-corrected chi connectivity index (χ0v) is 11.3. The lowest BCUT2D eigenvalue weighted by atomic mass is 10.2. The Kier molecular flexibility index (Phi) is 3.23. The van der Waals surface area contributed by atoms with Crippen LogP contribution in [0.3, 0.4) is 0 Å². The molecule has 0 aliphatic rings. The van der Waals surface area contributed by atoms with Gasteiger partial charge in [-0.3, -0.25) is 0 Å². The van der Waals surface area contributed by atoms with Gasteiger partial charge in [0, 0.05) is 10.6 Å². The predicted octanol–water partition coefficient (Wildman–Crippen LogP) is 4.24. The summed E-state index contributed by atoms with van der Waals surface area (Å²) >= 11 is 12.0. The fourth-order valence-electron chi connectivity index (χ4n) is 1.75. The van der Waals surface area contributed by atoms with Crippen LogP contribution in [0.15, 0.2) is 54.6 Å². The molecule has 0 radical (unpaired) electrons. The van der Waals surface area contributed by atoms with Crippen molar-refractivity contribution in [2.45, 2.75) is 0 Å². The van der Waals surface area contributed by atoms with Gasteiger partial charge in [0.25, 0.3) is 0 Å². The highest BCUT2D eigenvalue weighted by atomic mass is 35.5. The highest BCUT2D eigenvalue weighted by Gasteiger charge is 2.10. The molecule has 0 amide bonds. The van der Waals surface area contributed by atoms with Crippen LogP contribution in [-0.4, -0.2) is 14.8 Å². The fourth-order valence-corrected chi connectivity index (χ4v) is 2.09. The molecule has 0 aliphatic carbocycles. The summed E-state index contributed by atoms with van der Waals surface area (Å²) in [4.78, 5) is 4.26. The van der Waals surface area contributed by atoms with E-state index in [1.54, 1.807) is 16.8 Å². The van der Waals surface area contributed by atoms with E-state index in [2.05, 4.69) is 10.1 Å². The molecule has 0 aliphatic heterocycles. The summed E-state index contributed by atoms with van der Waals surface area (Å²) in [6.45, 7) is 0. The molecule has 1 heterocycles. The van der Waals surface area contributed by atoms with Crippen LogP contribution in [-0.2, 0) is 0 Å². The molecule has 0 atom stereocenters. The minimum Gasteiger partial charge on any atom is -0.203 e. The van der Waals surface area contributed by atoms with E-state index in [-0.39, 0.29) is 0 Å². The SMILES string of the molecule is Clc1ccc(-c2nc(Cl)n(-c3ccccc3)n2)cc1. The van der Waals surface area contributed by atoms with Gasteiger partial charge in [0.05, 0.1) is 5.69 Å². The lowest BCUT2D eigenvalue weighted by molar-refractivity contribution is 0.883. The van der Waals surface area contributed by atoms with Gasteiger partial charge in [0.2, 0.25) is 5.28 Å². The Balaban J connectivity index is 2.04. The molecule has 0 spiro atoms. The molecule has 3 rings (SSSR count). The van der Waals surface area contributed by atoms with Crippen molar-refractivity contribution >= 4 is 23.2 Å². The summed E-state index contributed by atoms with van der Waals surface area (Å²) in [6, 6.07) is 17.0. The molecule has 0 saturated carbocycles. The van der Waals surface area contributed by atoms with Crippen molar-refractivity contribution in [2.24, 2.45) is 0 Å². The van der Waals surface area contributed by atoms with E-state index in [1.807, 2.05) is 42.5 Å². The van der Waals surface area contributed by atoms with Gasteiger partial charge in [-0.15, -0.1) is 5.10 Å². The van der Waals surface area contributed by atoms with Crippen LogP contribution in [0.5, 0.6) is 0 Å². The van der Waals surface area contributed by atoms with Crippen LogP contribution in [0.4, 0.5) is 0 Å². The maximum Gasteiger partial charge on any atom is 0.226 e. The Morgan fingerprint density at radius 3 is 2.21 bits per heavy atom. The smallest absolute Gasteiger partial charge is 0.203 e. The maximum absolute atomic E-state index is 6.12. The third kappa shape index (κ3) is 2.48.